The van der Waals surface area contributed by atoms with Crippen molar-refractivity contribution in [3.8, 4) is 11.4 Å². The maximum Gasteiger partial charge on any atom is 0.416 e. The van der Waals surface area contributed by atoms with Crippen molar-refractivity contribution >= 4 is 5.78 Å². The monoisotopic (exact) mass is 360 g/mol. The summed E-state index contributed by atoms with van der Waals surface area (Å²) >= 11 is 0. The van der Waals surface area contributed by atoms with E-state index in [1.807, 2.05) is 26.0 Å². The Bertz CT molecular complexity index is 963. The van der Waals surface area contributed by atoms with Gasteiger partial charge >= 0.3 is 6.18 Å². The summed E-state index contributed by atoms with van der Waals surface area (Å²) in [5.41, 5.74) is 1.83. The first-order valence-electron chi connectivity index (χ1n) is 7.80. The van der Waals surface area contributed by atoms with Gasteiger partial charge in [0.05, 0.1) is 5.56 Å². The van der Waals surface area contributed by atoms with Gasteiger partial charge in [-0.25, -0.2) is 0 Å². The summed E-state index contributed by atoms with van der Waals surface area (Å²) < 4.78 is 38.4. The predicted octanol–water partition coefficient (Wildman–Crippen LogP) is 3.86. The van der Waals surface area contributed by atoms with Crippen LogP contribution in [0.4, 0.5) is 13.2 Å². The van der Waals surface area contributed by atoms with Gasteiger partial charge in [-0.05, 0) is 36.8 Å². The van der Waals surface area contributed by atoms with Crippen LogP contribution in [0.3, 0.4) is 0 Å². The second-order valence-corrected chi connectivity index (χ2v) is 5.96. The number of hydrogen-bond acceptors (Lipinski definition) is 4. The normalized spacial score (nSPS) is 11.6. The molecule has 0 bridgehead atoms. The van der Waals surface area contributed by atoms with Gasteiger partial charge in [-0.3, -0.25) is 4.79 Å². The minimum absolute atomic E-state index is 0.0320. The van der Waals surface area contributed by atoms with Crippen LogP contribution in [0.2, 0.25) is 0 Å². The molecule has 0 atom stereocenters. The van der Waals surface area contributed by atoms with Crippen molar-refractivity contribution in [2.24, 2.45) is 0 Å². The number of carbonyl (C=O) groups excluding carboxylic acids is 1. The van der Waals surface area contributed by atoms with Crippen LogP contribution in [0.15, 0.2) is 42.5 Å². The van der Waals surface area contributed by atoms with Gasteiger partial charge < -0.3 is 0 Å². The Labute approximate surface area is 147 Å². The average Bonchev–Trinajstić information content (AvgIpc) is 3.02. The van der Waals surface area contributed by atoms with Crippen LogP contribution in [0, 0.1) is 13.8 Å². The van der Waals surface area contributed by atoms with E-state index < -0.39 is 11.7 Å². The zero-order valence-electron chi connectivity index (χ0n) is 14.1. The fourth-order valence-corrected chi connectivity index (χ4v) is 2.60. The lowest BCUT2D eigenvalue weighted by Crippen LogP contribution is -2.14. The quantitative estimate of drug-likeness (QED) is 0.663. The largest absolute Gasteiger partial charge is 0.416 e. The van der Waals surface area contributed by atoms with Crippen molar-refractivity contribution < 1.29 is 18.0 Å². The summed E-state index contributed by atoms with van der Waals surface area (Å²) in [5.74, 6) is -0.167. The van der Waals surface area contributed by atoms with E-state index in [9.17, 15) is 18.0 Å². The molecule has 26 heavy (non-hydrogen) atoms. The highest BCUT2D eigenvalue weighted by Gasteiger charge is 2.30. The number of nitrogens with zero attached hydrogens (tertiary/aromatic N) is 4. The standard InChI is InChI=1S/C18H15F3N4O/c1-11-6-7-15(12(2)8-11)16(26)10-25-23-17(22-24-25)13-4-3-5-14(9-13)18(19,20)21/h3-9H,10H2,1-2H3. The molecule has 0 aliphatic heterocycles. The Morgan fingerprint density at radius 3 is 2.58 bits per heavy atom. The first-order valence-corrected chi connectivity index (χ1v) is 7.80. The van der Waals surface area contributed by atoms with E-state index in [1.54, 1.807) is 6.07 Å². The Morgan fingerprint density at radius 2 is 1.88 bits per heavy atom. The maximum absolute atomic E-state index is 12.8. The van der Waals surface area contributed by atoms with Crippen LogP contribution in [0.1, 0.15) is 27.0 Å². The third-order valence-corrected chi connectivity index (χ3v) is 3.87. The second-order valence-electron chi connectivity index (χ2n) is 5.96. The molecule has 3 aromatic rings. The van der Waals surface area contributed by atoms with Crippen LogP contribution in [-0.4, -0.2) is 26.0 Å². The van der Waals surface area contributed by atoms with Gasteiger partial charge in [-0.15, -0.1) is 10.2 Å². The van der Waals surface area contributed by atoms with E-state index >= 15 is 0 Å². The van der Waals surface area contributed by atoms with Crippen LogP contribution < -0.4 is 0 Å². The third-order valence-electron chi connectivity index (χ3n) is 3.87. The number of rotatable bonds is 4. The van der Waals surface area contributed by atoms with Gasteiger partial charge in [-0.1, -0.05) is 35.9 Å². The zero-order chi connectivity index (χ0) is 18.9. The van der Waals surface area contributed by atoms with Crippen molar-refractivity contribution in [3.05, 3.63) is 64.7 Å². The molecular weight excluding hydrogens is 345 g/mol. The lowest BCUT2D eigenvalue weighted by Gasteiger charge is -2.06. The third kappa shape index (κ3) is 3.79. The summed E-state index contributed by atoms with van der Waals surface area (Å²) in [6.07, 6.45) is -4.45. The van der Waals surface area contributed by atoms with Crippen LogP contribution in [0.5, 0.6) is 0 Å². The molecule has 1 aromatic heterocycles. The summed E-state index contributed by atoms with van der Waals surface area (Å²) in [5, 5.41) is 11.5. The van der Waals surface area contributed by atoms with E-state index in [-0.39, 0.29) is 23.7 Å². The highest BCUT2D eigenvalue weighted by Crippen LogP contribution is 2.31. The van der Waals surface area contributed by atoms with Gasteiger partial charge in [0.15, 0.2) is 5.78 Å². The number of aromatic nitrogens is 4. The van der Waals surface area contributed by atoms with Gasteiger partial charge in [-0.2, -0.15) is 18.0 Å². The van der Waals surface area contributed by atoms with E-state index in [0.717, 1.165) is 28.1 Å². The smallest absolute Gasteiger partial charge is 0.292 e. The molecular formula is C18H15F3N4O. The van der Waals surface area contributed by atoms with Gasteiger partial charge in [0, 0.05) is 11.1 Å². The summed E-state index contributed by atoms with van der Waals surface area (Å²) in [4.78, 5) is 13.5. The van der Waals surface area contributed by atoms with E-state index in [4.69, 9.17) is 0 Å². The van der Waals surface area contributed by atoms with Gasteiger partial charge in [0.2, 0.25) is 5.82 Å². The van der Waals surface area contributed by atoms with Crippen molar-refractivity contribution in [2.45, 2.75) is 26.6 Å². The number of benzene rings is 2. The summed E-state index contributed by atoms with van der Waals surface area (Å²) in [7, 11) is 0. The molecule has 0 amide bonds. The van der Waals surface area contributed by atoms with E-state index in [0.29, 0.717) is 5.56 Å². The highest BCUT2D eigenvalue weighted by molar-refractivity contribution is 5.97. The minimum Gasteiger partial charge on any atom is -0.292 e. The highest BCUT2D eigenvalue weighted by atomic mass is 19.4. The van der Waals surface area contributed by atoms with Crippen molar-refractivity contribution in [1.82, 2.24) is 20.2 Å². The first-order chi connectivity index (χ1) is 12.2. The Morgan fingerprint density at radius 1 is 1.12 bits per heavy atom. The number of alkyl halides is 3. The Kier molecular flexibility index (Phi) is 4.58. The fourth-order valence-electron chi connectivity index (χ4n) is 2.60. The number of halogens is 3. The summed E-state index contributed by atoms with van der Waals surface area (Å²) in [6, 6.07) is 10.1. The predicted molar refractivity (Wildman–Crippen MR) is 88.5 cm³/mol. The number of ketones is 1. The molecule has 2 aromatic carbocycles. The van der Waals surface area contributed by atoms with Crippen LogP contribution in [0.25, 0.3) is 11.4 Å². The molecule has 0 radical (unpaired) electrons. The molecule has 0 saturated carbocycles. The van der Waals surface area contributed by atoms with Crippen LogP contribution >= 0.6 is 0 Å². The van der Waals surface area contributed by atoms with Crippen molar-refractivity contribution in [2.75, 3.05) is 0 Å². The molecule has 0 unspecified atom stereocenters. The molecule has 134 valence electrons. The van der Waals surface area contributed by atoms with E-state index in [1.165, 1.54) is 12.1 Å². The number of hydrogen-bond donors (Lipinski definition) is 0. The van der Waals surface area contributed by atoms with Gasteiger partial charge in [0.1, 0.15) is 6.54 Å². The molecule has 1 heterocycles. The average molecular weight is 360 g/mol. The lowest BCUT2D eigenvalue weighted by molar-refractivity contribution is -0.137. The molecule has 0 aliphatic rings. The maximum atomic E-state index is 12.8. The molecule has 0 spiro atoms. The molecule has 3 rings (SSSR count). The van der Waals surface area contributed by atoms with E-state index in [2.05, 4.69) is 15.4 Å². The number of Topliss-reactive ketones (excluding diaryl/α,β-unsaturated/α-hetero) is 1. The molecule has 0 N–H and O–H groups in total. The second kappa shape index (κ2) is 6.70. The number of carbonyl (C=O) groups is 1. The minimum atomic E-state index is -4.45. The molecule has 5 nitrogen and oxygen atoms in total. The summed E-state index contributed by atoms with van der Waals surface area (Å²) in [6.45, 7) is 3.63. The topological polar surface area (TPSA) is 60.7 Å². The molecule has 8 heteroatoms. The SMILES string of the molecule is Cc1ccc(C(=O)Cn2nnc(-c3cccc(C(F)(F)F)c3)n2)c(C)c1. The van der Waals surface area contributed by atoms with Crippen molar-refractivity contribution in [1.29, 1.82) is 0 Å². The van der Waals surface area contributed by atoms with Crippen LogP contribution in [-0.2, 0) is 12.7 Å². The van der Waals surface area contributed by atoms with Gasteiger partial charge in [0.25, 0.3) is 0 Å². The molecule has 0 saturated heterocycles. The Balaban J connectivity index is 1.81. The molecule has 0 aliphatic carbocycles. The zero-order valence-corrected chi connectivity index (χ0v) is 14.1. The number of aryl methyl sites for hydroxylation is 2. The Hall–Kier alpha value is -3.03. The number of tetrazole rings is 1. The van der Waals surface area contributed by atoms with Crippen molar-refractivity contribution in [3.63, 3.8) is 0 Å². The first kappa shape index (κ1) is 17.8. The fraction of sp³-hybridized carbons (Fsp3) is 0.222. The lowest BCUT2D eigenvalue weighted by atomic mass is 10.0. The molecule has 0 fully saturated rings.